The largest absolute Gasteiger partial charge is 0.376 e. The van der Waals surface area contributed by atoms with Gasteiger partial charge in [0.2, 0.25) is 10.0 Å². The van der Waals surface area contributed by atoms with Crippen LogP contribution < -0.4 is 15.4 Å². The van der Waals surface area contributed by atoms with E-state index < -0.39 is 10.0 Å². The van der Waals surface area contributed by atoms with Crippen LogP contribution in [0.15, 0.2) is 34.2 Å². The Labute approximate surface area is 160 Å². The number of ether oxygens (including phenoxy) is 1. The SMILES string of the molecule is CN=C(NCc1cccc(S(=O)(=O)NC)c1)NCC1CCCO1.I. The molecule has 1 atom stereocenters. The summed E-state index contributed by atoms with van der Waals surface area (Å²) < 4.78 is 31.5. The molecule has 1 saturated heterocycles. The summed E-state index contributed by atoms with van der Waals surface area (Å²) in [7, 11) is -0.325. The maximum atomic E-state index is 11.8. The molecule has 1 aromatic carbocycles. The lowest BCUT2D eigenvalue weighted by Crippen LogP contribution is -2.40. The molecule has 136 valence electrons. The molecule has 7 nitrogen and oxygen atoms in total. The highest BCUT2D eigenvalue weighted by molar-refractivity contribution is 14.0. The van der Waals surface area contributed by atoms with E-state index >= 15 is 0 Å². The lowest BCUT2D eigenvalue weighted by molar-refractivity contribution is 0.114. The third kappa shape index (κ3) is 6.19. The van der Waals surface area contributed by atoms with Gasteiger partial charge in [0.25, 0.3) is 0 Å². The average molecular weight is 468 g/mol. The molecule has 24 heavy (non-hydrogen) atoms. The van der Waals surface area contributed by atoms with Crippen molar-refractivity contribution in [2.24, 2.45) is 4.99 Å². The molecule has 9 heteroatoms. The van der Waals surface area contributed by atoms with Crippen molar-refractivity contribution >= 4 is 40.0 Å². The van der Waals surface area contributed by atoms with Crippen molar-refractivity contribution in [3.05, 3.63) is 29.8 Å². The predicted molar refractivity (Wildman–Crippen MR) is 105 cm³/mol. The standard InChI is InChI=1S/C15H24N4O3S.HI/c1-16-15(19-11-13-6-4-8-22-13)18-10-12-5-3-7-14(9-12)23(20,21)17-2;/h3,5,7,9,13,17H,4,6,8,10-11H2,1-2H3,(H2,16,18,19);1H. The molecule has 1 fully saturated rings. The number of hydrogen-bond acceptors (Lipinski definition) is 4. The van der Waals surface area contributed by atoms with Gasteiger partial charge in [-0.05, 0) is 37.6 Å². The van der Waals surface area contributed by atoms with Crippen molar-refractivity contribution < 1.29 is 13.2 Å². The van der Waals surface area contributed by atoms with E-state index in [-0.39, 0.29) is 35.0 Å². The zero-order valence-corrected chi connectivity index (χ0v) is 17.1. The van der Waals surface area contributed by atoms with Gasteiger partial charge in [0, 0.05) is 26.7 Å². The van der Waals surface area contributed by atoms with Crippen LogP contribution in [0, 0.1) is 0 Å². The van der Waals surface area contributed by atoms with Crippen molar-refractivity contribution in [3.8, 4) is 0 Å². The van der Waals surface area contributed by atoms with E-state index in [4.69, 9.17) is 4.74 Å². The molecule has 0 aromatic heterocycles. The normalized spacial score (nSPS) is 18.1. The Kier molecular flexibility index (Phi) is 8.95. The van der Waals surface area contributed by atoms with E-state index in [1.54, 1.807) is 25.2 Å². The summed E-state index contributed by atoms with van der Waals surface area (Å²) in [6, 6.07) is 6.81. The Bertz CT molecular complexity index is 646. The quantitative estimate of drug-likeness (QED) is 0.330. The highest BCUT2D eigenvalue weighted by Crippen LogP contribution is 2.11. The number of aliphatic imine (C=N–C) groups is 1. The lowest BCUT2D eigenvalue weighted by Gasteiger charge is -2.15. The molecule has 0 radical (unpaired) electrons. The number of nitrogens with zero attached hydrogens (tertiary/aromatic N) is 1. The fraction of sp³-hybridized carbons (Fsp3) is 0.533. The van der Waals surface area contributed by atoms with Gasteiger partial charge < -0.3 is 15.4 Å². The van der Waals surface area contributed by atoms with Crippen LogP contribution >= 0.6 is 24.0 Å². The van der Waals surface area contributed by atoms with E-state index in [2.05, 4.69) is 20.3 Å². The van der Waals surface area contributed by atoms with Crippen molar-refractivity contribution in [1.29, 1.82) is 0 Å². The minimum Gasteiger partial charge on any atom is -0.376 e. The van der Waals surface area contributed by atoms with Gasteiger partial charge in [0.15, 0.2) is 5.96 Å². The van der Waals surface area contributed by atoms with Crippen LogP contribution in [-0.2, 0) is 21.3 Å². The predicted octanol–water partition coefficient (Wildman–Crippen LogP) is 1.06. The molecular weight excluding hydrogens is 443 g/mol. The number of benzene rings is 1. The molecule has 3 N–H and O–H groups in total. The average Bonchev–Trinajstić information content (AvgIpc) is 3.09. The monoisotopic (exact) mass is 468 g/mol. The summed E-state index contributed by atoms with van der Waals surface area (Å²) in [4.78, 5) is 4.41. The molecule has 0 amide bonds. The molecule has 1 aliphatic heterocycles. The minimum absolute atomic E-state index is 0. The Balaban J connectivity index is 0.00000288. The van der Waals surface area contributed by atoms with E-state index in [1.807, 2.05) is 6.07 Å². The molecule has 0 bridgehead atoms. The van der Waals surface area contributed by atoms with Crippen LogP contribution in [0.2, 0.25) is 0 Å². The second kappa shape index (κ2) is 10.2. The van der Waals surface area contributed by atoms with Crippen molar-refractivity contribution in [2.75, 3.05) is 27.2 Å². The molecule has 1 unspecified atom stereocenters. The van der Waals surface area contributed by atoms with Gasteiger partial charge in [-0.2, -0.15) is 0 Å². The summed E-state index contributed by atoms with van der Waals surface area (Å²) in [6.45, 7) is 2.03. The number of rotatable bonds is 6. The second-order valence-corrected chi connectivity index (χ2v) is 7.18. The zero-order valence-electron chi connectivity index (χ0n) is 13.9. The van der Waals surface area contributed by atoms with Crippen molar-refractivity contribution in [2.45, 2.75) is 30.4 Å². The first-order valence-corrected chi connectivity index (χ1v) is 9.12. The van der Waals surface area contributed by atoms with Gasteiger partial charge in [0.1, 0.15) is 0 Å². The molecule has 0 aliphatic carbocycles. The Hall–Kier alpha value is -0.910. The highest BCUT2D eigenvalue weighted by atomic mass is 127. The van der Waals surface area contributed by atoms with Crippen LogP contribution in [-0.4, -0.2) is 47.7 Å². The van der Waals surface area contributed by atoms with Crippen LogP contribution in [0.3, 0.4) is 0 Å². The summed E-state index contributed by atoms with van der Waals surface area (Å²) in [6.07, 6.45) is 2.40. The molecule has 1 aliphatic rings. The highest BCUT2D eigenvalue weighted by Gasteiger charge is 2.15. The summed E-state index contributed by atoms with van der Waals surface area (Å²) in [5.41, 5.74) is 0.862. The van der Waals surface area contributed by atoms with Gasteiger partial charge >= 0.3 is 0 Å². The summed E-state index contributed by atoms with van der Waals surface area (Å²) in [5.74, 6) is 0.669. The van der Waals surface area contributed by atoms with E-state index in [0.717, 1.165) is 25.0 Å². The minimum atomic E-state index is -3.43. The number of sulfonamides is 1. The van der Waals surface area contributed by atoms with Crippen LogP contribution in [0.25, 0.3) is 0 Å². The van der Waals surface area contributed by atoms with Crippen LogP contribution in [0.5, 0.6) is 0 Å². The zero-order chi connectivity index (χ0) is 16.7. The summed E-state index contributed by atoms with van der Waals surface area (Å²) >= 11 is 0. The lowest BCUT2D eigenvalue weighted by atomic mass is 10.2. The van der Waals surface area contributed by atoms with E-state index in [0.29, 0.717) is 19.0 Å². The molecule has 2 rings (SSSR count). The molecular formula is C15H25IN4O3S. The van der Waals surface area contributed by atoms with Crippen LogP contribution in [0.1, 0.15) is 18.4 Å². The van der Waals surface area contributed by atoms with Crippen LogP contribution in [0.4, 0.5) is 0 Å². The first-order chi connectivity index (χ1) is 11.0. The van der Waals surface area contributed by atoms with E-state index in [1.165, 1.54) is 7.05 Å². The number of nitrogens with one attached hydrogen (secondary N) is 3. The summed E-state index contributed by atoms with van der Waals surface area (Å²) in [5, 5.41) is 6.40. The maximum Gasteiger partial charge on any atom is 0.240 e. The third-order valence-electron chi connectivity index (χ3n) is 3.68. The molecule has 0 saturated carbocycles. The number of guanidine groups is 1. The van der Waals surface area contributed by atoms with Gasteiger partial charge in [-0.3, -0.25) is 4.99 Å². The van der Waals surface area contributed by atoms with E-state index in [9.17, 15) is 8.42 Å². The Morgan fingerprint density at radius 2 is 2.17 bits per heavy atom. The van der Waals surface area contributed by atoms with Crippen molar-refractivity contribution in [1.82, 2.24) is 15.4 Å². The third-order valence-corrected chi connectivity index (χ3v) is 5.09. The van der Waals surface area contributed by atoms with Gasteiger partial charge in [-0.1, -0.05) is 12.1 Å². The van der Waals surface area contributed by atoms with Gasteiger partial charge in [-0.15, -0.1) is 24.0 Å². The first-order valence-electron chi connectivity index (χ1n) is 7.64. The Morgan fingerprint density at radius 1 is 1.38 bits per heavy atom. The smallest absolute Gasteiger partial charge is 0.240 e. The van der Waals surface area contributed by atoms with Crippen molar-refractivity contribution in [3.63, 3.8) is 0 Å². The number of halogens is 1. The van der Waals surface area contributed by atoms with Gasteiger partial charge in [-0.25, -0.2) is 13.1 Å². The molecule has 1 heterocycles. The fourth-order valence-corrected chi connectivity index (χ4v) is 3.16. The maximum absolute atomic E-state index is 11.8. The topological polar surface area (TPSA) is 91.8 Å². The molecule has 1 aromatic rings. The first kappa shape index (κ1) is 21.1. The van der Waals surface area contributed by atoms with Gasteiger partial charge in [0.05, 0.1) is 11.0 Å². The molecule has 0 spiro atoms. The second-order valence-electron chi connectivity index (χ2n) is 5.30. The Morgan fingerprint density at radius 3 is 2.79 bits per heavy atom. The fourth-order valence-electron chi connectivity index (χ4n) is 2.36. The number of hydrogen-bond donors (Lipinski definition) is 3.